The molecule has 0 N–H and O–H groups in total. The summed E-state index contributed by atoms with van der Waals surface area (Å²) < 4.78 is 5.43. The Bertz CT molecular complexity index is 674. The second-order valence-corrected chi connectivity index (χ2v) is 7.49. The van der Waals surface area contributed by atoms with Crippen LogP contribution in [0.4, 0.5) is 0 Å². The molecule has 0 aromatic carbocycles. The minimum absolute atomic E-state index is 0.133. The first kappa shape index (κ1) is 14.9. The van der Waals surface area contributed by atoms with Gasteiger partial charge in [-0.2, -0.15) is 0 Å². The first-order valence-electron chi connectivity index (χ1n) is 8.16. The van der Waals surface area contributed by atoms with Crippen molar-refractivity contribution in [3.8, 4) is 0 Å². The number of amides is 1. The van der Waals surface area contributed by atoms with Crippen LogP contribution in [-0.2, 0) is 11.3 Å². The van der Waals surface area contributed by atoms with E-state index in [1.165, 1.54) is 0 Å². The smallest absolute Gasteiger partial charge is 0.226 e. The molecule has 2 aromatic heterocycles. The van der Waals surface area contributed by atoms with E-state index in [0.717, 1.165) is 55.6 Å². The van der Waals surface area contributed by atoms with Gasteiger partial charge in [0.15, 0.2) is 0 Å². The Kier molecular flexibility index (Phi) is 3.95. The van der Waals surface area contributed by atoms with Crippen molar-refractivity contribution in [2.75, 3.05) is 26.2 Å². The lowest BCUT2D eigenvalue weighted by Gasteiger charge is -2.34. The van der Waals surface area contributed by atoms with E-state index in [9.17, 15) is 4.79 Å². The van der Waals surface area contributed by atoms with Crippen LogP contribution in [0.3, 0.4) is 0 Å². The Balaban J connectivity index is 1.27. The zero-order chi connectivity index (χ0) is 15.8. The van der Waals surface area contributed by atoms with E-state index in [0.29, 0.717) is 11.8 Å². The van der Waals surface area contributed by atoms with Crippen molar-refractivity contribution >= 4 is 17.2 Å². The van der Waals surface area contributed by atoms with Crippen molar-refractivity contribution in [3.63, 3.8) is 0 Å². The van der Waals surface area contributed by atoms with E-state index in [-0.39, 0.29) is 5.92 Å². The van der Waals surface area contributed by atoms with E-state index >= 15 is 0 Å². The number of rotatable bonds is 4. The number of carbonyl (C=O) groups is 1. The summed E-state index contributed by atoms with van der Waals surface area (Å²) in [7, 11) is 0. The summed E-state index contributed by atoms with van der Waals surface area (Å²) in [5.41, 5.74) is 1.15. The van der Waals surface area contributed by atoms with Gasteiger partial charge in [-0.25, -0.2) is 4.98 Å². The molecule has 1 aliphatic heterocycles. The summed E-state index contributed by atoms with van der Waals surface area (Å²) in [6, 6.07) is 3.87. The van der Waals surface area contributed by atoms with Crippen LogP contribution in [0.2, 0.25) is 0 Å². The summed E-state index contributed by atoms with van der Waals surface area (Å²) in [6.45, 7) is 6.44. The highest BCUT2D eigenvalue weighted by Crippen LogP contribution is 2.48. The Hall–Kier alpha value is -1.66. The molecule has 0 unspecified atom stereocenters. The number of aromatic nitrogens is 1. The van der Waals surface area contributed by atoms with E-state index in [1.54, 1.807) is 17.6 Å². The third-order valence-electron chi connectivity index (χ3n) is 4.75. The van der Waals surface area contributed by atoms with Crippen LogP contribution in [-0.4, -0.2) is 46.9 Å². The standard InChI is InChI=1S/C17H21N3O2S/c1-12-18-13(11-23-12)10-19-4-6-20(7-5-19)17(21)15-9-14(15)16-3-2-8-22-16/h2-3,8,11,14-15H,4-7,9-10H2,1H3/t14-,15+/m0/s1. The summed E-state index contributed by atoms with van der Waals surface area (Å²) in [5, 5.41) is 3.25. The topological polar surface area (TPSA) is 49.6 Å². The molecule has 0 bridgehead atoms. The maximum Gasteiger partial charge on any atom is 0.226 e. The lowest BCUT2D eigenvalue weighted by Crippen LogP contribution is -2.48. The van der Waals surface area contributed by atoms with Crippen LogP contribution in [0.1, 0.15) is 28.8 Å². The number of hydrogen-bond acceptors (Lipinski definition) is 5. The van der Waals surface area contributed by atoms with E-state index in [1.807, 2.05) is 24.0 Å². The molecular formula is C17H21N3O2S. The van der Waals surface area contributed by atoms with Crippen molar-refractivity contribution in [1.29, 1.82) is 0 Å². The normalized spacial score (nSPS) is 24.8. The van der Waals surface area contributed by atoms with E-state index in [4.69, 9.17) is 4.42 Å². The van der Waals surface area contributed by atoms with Gasteiger partial charge >= 0.3 is 0 Å². The number of furan rings is 1. The Morgan fingerprint density at radius 3 is 2.87 bits per heavy atom. The predicted molar refractivity (Wildman–Crippen MR) is 88.3 cm³/mol. The molecule has 1 saturated carbocycles. The molecule has 2 aliphatic rings. The molecule has 2 fully saturated rings. The van der Waals surface area contributed by atoms with Crippen LogP contribution in [0.15, 0.2) is 28.2 Å². The average Bonchev–Trinajstić information content (AvgIpc) is 2.96. The quantitative estimate of drug-likeness (QED) is 0.864. The molecule has 0 radical (unpaired) electrons. The molecule has 23 heavy (non-hydrogen) atoms. The summed E-state index contributed by atoms with van der Waals surface area (Å²) in [5.74, 6) is 1.69. The number of carbonyl (C=O) groups excluding carboxylic acids is 1. The molecule has 2 atom stereocenters. The maximum atomic E-state index is 12.6. The molecular weight excluding hydrogens is 310 g/mol. The first-order valence-corrected chi connectivity index (χ1v) is 9.04. The fourth-order valence-corrected chi connectivity index (χ4v) is 3.96. The fraction of sp³-hybridized carbons (Fsp3) is 0.529. The molecule has 122 valence electrons. The van der Waals surface area contributed by atoms with Crippen molar-refractivity contribution in [2.24, 2.45) is 5.92 Å². The van der Waals surface area contributed by atoms with Crippen molar-refractivity contribution in [3.05, 3.63) is 40.2 Å². The van der Waals surface area contributed by atoms with Gasteiger partial charge in [-0.05, 0) is 25.5 Å². The van der Waals surface area contributed by atoms with E-state index < -0.39 is 0 Å². The third kappa shape index (κ3) is 3.19. The lowest BCUT2D eigenvalue weighted by molar-refractivity contribution is -0.134. The lowest BCUT2D eigenvalue weighted by atomic mass is 10.2. The van der Waals surface area contributed by atoms with E-state index in [2.05, 4.69) is 15.3 Å². The Morgan fingerprint density at radius 1 is 1.39 bits per heavy atom. The predicted octanol–water partition coefficient (Wildman–Crippen LogP) is 2.49. The maximum absolute atomic E-state index is 12.6. The minimum atomic E-state index is 0.133. The first-order chi connectivity index (χ1) is 11.2. The monoisotopic (exact) mass is 331 g/mol. The van der Waals surface area contributed by atoms with Gasteiger partial charge in [0, 0.05) is 49.9 Å². The molecule has 1 aliphatic carbocycles. The zero-order valence-corrected chi connectivity index (χ0v) is 14.1. The number of thiazole rings is 1. The van der Waals surface area contributed by atoms with Crippen molar-refractivity contribution in [2.45, 2.75) is 25.8 Å². The van der Waals surface area contributed by atoms with Gasteiger partial charge in [-0.15, -0.1) is 11.3 Å². The summed E-state index contributed by atoms with van der Waals surface area (Å²) >= 11 is 1.70. The third-order valence-corrected chi connectivity index (χ3v) is 5.57. The molecule has 2 aromatic rings. The van der Waals surface area contributed by atoms with Crippen LogP contribution >= 0.6 is 11.3 Å². The van der Waals surface area contributed by atoms with Gasteiger partial charge in [0.1, 0.15) is 5.76 Å². The van der Waals surface area contributed by atoms with Crippen LogP contribution in [0.25, 0.3) is 0 Å². The average molecular weight is 331 g/mol. The highest BCUT2D eigenvalue weighted by Gasteiger charge is 2.47. The van der Waals surface area contributed by atoms with Crippen molar-refractivity contribution < 1.29 is 9.21 Å². The second kappa shape index (κ2) is 6.09. The number of nitrogens with zero attached hydrogens (tertiary/aromatic N) is 3. The van der Waals surface area contributed by atoms with Gasteiger partial charge in [0.25, 0.3) is 0 Å². The number of hydrogen-bond donors (Lipinski definition) is 0. The van der Waals surface area contributed by atoms with Crippen molar-refractivity contribution in [1.82, 2.24) is 14.8 Å². The molecule has 5 nitrogen and oxygen atoms in total. The zero-order valence-electron chi connectivity index (χ0n) is 13.3. The van der Waals surface area contributed by atoms with Gasteiger partial charge in [-0.3, -0.25) is 9.69 Å². The number of piperazine rings is 1. The fourth-order valence-electron chi connectivity index (χ4n) is 3.36. The molecule has 1 amide bonds. The highest BCUT2D eigenvalue weighted by molar-refractivity contribution is 7.09. The minimum Gasteiger partial charge on any atom is -0.469 e. The molecule has 1 saturated heterocycles. The van der Waals surface area contributed by atoms with Gasteiger partial charge in [0.2, 0.25) is 5.91 Å². The molecule has 4 rings (SSSR count). The van der Waals surface area contributed by atoms with Gasteiger partial charge in [-0.1, -0.05) is 0 Å². The second-order valence-electron chi connectivity index (χ2n) is 6.42. The molecule has 0 spiro atoms. The van der Waals surface area contributed by atoms with Crippen LogP contribution < -0.4 is 0 Å². The summed E-state index contributed by atoms with van der Waals surface area (Å²) in [4.78, 5) is 21.5. The van der Waals surface area contributed by atoms with Crippen LogP contribution in [0, 0.1) is 12.8 Å². The Morgan fingerprint density at radius 2 is 2.22 bits per heavy atom. The summed E-state index contributed by atoms with van der Waals surface area (Å²) in [6.07, 6.45) is 2.62. The largest absolute Gasteiger partial charge is 0.469 e. The highest BCUT2D eigenvalue weighted by atomic mass is 32.1. The Labute approximate surface area is 139 Å². The number of aryl methyl sites for hydroxylation is 1. The molecule has 6 heteroatoms. The van der Waals surface area contributed by atoms with Gasteiger partial charge in [0.05, 0.1) is 17.0 Å². The van der Waals surface area contributed by atoms with Crippen LogP contribution in [0.5, 0.6) is 0 Å². The SMILES string of the molecule is Cc1nc(CN2CCN(C(=O)[C@@H]3C[C@@H]3c3ccco3)CC2)cs1. The molecule has 3 heterocycles. The van der Waals surface area contributed by atoms with Gasteiger partial charge < -0.3 is 9.32 Å².